The van der Waals surface area contributed by atoms with Crippen LogP contribution in [0.15, 0.2) is 66.0 Å². The maximum absolute atomic E-state index is 13.9. The second-order valence-corrected chi connectivity index (χ2v) is 9.64. The number of thiophene rings is 1. The van der Waals surface area contributed by atoms with Crippen molar-refractivity contribution in [3.8, 4) is 0 Å². The topological polar surface area (TPSA) is 40.6 Å². The molecule has 0 bridgehead atoms. The molecule has 1 saturated heterocycles. The summed E-state index contributed by atoms with van der Waals surface area (Å²) in [5.74, 6) is 0.519. The zero-order chi connectivity index (χ0) is 20.0. The number of amides is 2. The quantitative estimate of drug-likeness (QED) is 0.576. The SMILES string of the molecule is O=C(c1cccs1)N1CCS[C@]12C(=O)N(Cc1ccccc1)c1ccc(Cl)cc12. The van der Waals surface area contributed by atoms with Gasteiger partial charge in [-0.1, -0.05) is 48.0 Å². The zero-order valence-electron chi connectivity index (χ0n) is 15.4. The summed E-state index contributed by atoms with van der Waals surface area (Å²) >= 11 is 9.24. The van der Waals surface area contributed by atoms with Gasteiger partial charge in [0.2, 0.25) is 0 Å². The highest BCUT2D eigenvalue weighted by atomic mass is 35.5. The fourth-order valence-corrected chi connectivity index (χ4v) is 6.34. The molecule has 2 amide bonds. The van der Waals surface area contributed by atoms with Crippen LogP contribution in [0, 0.1) is 0 Å². The van der Waals surface area contributed by atoms with Crippen molar-refractivity contribution in [3.63, 3.8) is 0 Å². The summed E-state index contributed by atoms with van der Waals surface area (Å²) in [6.07, 6.45) is 0. The second-order valence-electron chi connectivity index (χ2n) is 6.96. The summed E-state index contributed by atoms with van der Waals surface area (Å²) < 4.78 is 0. The number of hydrogen-bond acceptors (Lipinski definition) is 4. The minimum absolute atomic E-state index is 0.0778. The highest BCUT2D eigenvalue weighted by Crippen LogP contribution is 2.55. The molecule has 1 atom stereocenters. The zero-order valence-corrected chi connectivity index (χ0v) is 17.8. The average Bonchev–Trinajstić information content (AvgIpc) is 3.46. The highest BCUT2D eigenvalue weighted by molar-refractivity contribution is 8.01. The summed E-state index contributed by atoms with van der Waals surface area (Å²) in [4.78, 5) is 30.2. The largest absolute Gasteiger partial charge is 0.310 e. The molecule has 2 aliphatic heterocycles. The van der Waals surface area contributed by atoms with Crippen molar-refractivity contribution in [2.75, 3.05) is 17.2 Å². The first kappa shape index (κ1) is 18.7. The van der Waals surface area contributed by atoms with Gasteiger partial charge in [0.05, 0.1) is 17.1 Å². The summed E-state index contributed by atoms with van der Waals surface area (Å²) in [5, 5.41) is 2.44. The fourth-order valence-electron chi connectivity index (χ4n) is 4.04. The molecule has 1 fully saturated rings. The van der Waals surface area contributed by atoms with Gasteiger partial charge in [0, 0.05) is 22.9 Å². The lowest BCUT2D eigenvalue weighted by atomic mass is 10.1. The van der Waals surface area contributed by atoms with E-state index < -0.39 is 4.87 Å². The number of carbonyl (C=O) groups is 2. The van der Waals surface area contributed by atoms with E-state index in [1.165, 1.54) is 23.1 Å². The molecule has 29 heavy (non-hydrogen) atoms. The van der Waals surface area contributed by atoms with Crippen LogP contribution in [-0.2, 0) is 16.2 Å². The number of thioether (sulfide) groups is 1. The summed E-state index contributed by atoms with van der Waals surface area (Å²) in [7, 11) is 0. The third-order valence-corrected chi connectivity index (χ3v) is 7.83. The van der Waals surface area contributed by atoms with E-state index in [2.05, 4.69) is 0 Å². The molecule has 5 rings (SSSR count). The second kappa shape index (κ2) is 7.20. The highest BCUT2D eigenvalue weighted by Gasteiger charge is 2.59. The lowest BCUT2D eigenvalue weighted by Crippen LogP contribution is -2.50. The molecule has 1 spiro atoms. The predicted molar refractivity (Wildman–Crippen MR) is 119 cm³/mol. The molecule has 4 nitrogen and oxygen atoms in total. The Balaban J connectivity index is 1.62. The van der Waals surface area contributed by atoms with Crippen molar-refractivity contribution in [2.24, 2.45) is 0 Å². The molecule has 7 heteroatoms. The molecule has 0 N–H and O–H groups in total. The van der Waals surface area contributed by atoms with Crippen LogP contribution < -0.4 is 4.90 Å². The van der Waals surface area contributed by atoms with E-state index in [0.717, 1.165) is 16.8 Å². The van der Waals surface area contributed by atoms with Crippen LogP contribution in [0.1, 0.15) is 20.8 Å². The monoisotopic (exact) mass is 440 g/mol. The van der Waals surface area contributed by atoms with E-state index in [4.69, 9.17) is 11.6 Å². The van der Waals surface area contributed by atoms with Gasteiger partial charge >= 0.3 is 0 Å². The van der Waals surface area contributed by atoms with Gasteiger partial charge < -0.3 is 9.80 Å². The third kappa shape index (κ3) is 2.89. The number of benzene rings is 2. The van der Waals surface area contributed by atoms with Gasteiger partial charge in [-0.2, -0.15) is 0 Å². The maximum atomic E-state index is 13.9. The van der Waals surface area contributed by atoms with Gasteiger partial charge in [-0.15, -0.1) is 23.1 Å². The van der Waals surface area contributed by atoms with Crippen LogP contribution in [0.4, 0.5) is 5.69 Å². The van der Waals surface area contributed by atoms with Crippen LogP contribution in [0.3, 0.4) is 0 Å². The van der Waals surface area contributed by atoms with Crippen LogP contribution in [0.25, 0.3) is 0 Å². The van der Waals surface area contributed by atoms with E-state index >= 15 is 0 Å². The third-order valence-electron chi connectivity index (χ3n) is 5.32. The van der Waals surface area contributed by atoms with Gasteiger partial charge in [-0.05, 0) is 35.2 Å². The van der Waals surface area contributed by atoms with Gasteiger partial charge in [-0.25, -0.2) is 0 Å². The molecule has 0 aliphatic carbocycles. The molecule has 1 aromatic heterocycles. The molecule has 0 unspecified atom stereocenters. The molecule has 0 saturated carbocycles. The molecular weight excluding hydrogens is 424 g/mol. The van der Waals surface area contributed by atoms with Gasteiger partial charge in [0.1, 0.15) is 0 Å². The standard InChI is InChI=1S/C22H17ClN2O2S2/c23-16-8-9-18-17(13-16)22(21(27)24(18)14-15-5-2-1-3-6-15)25(10-12-29-22)20(26)19-7-4-11-28-19/h1-9,11,13H,10,12,14H2/t22-/m1/s1. The van der Waals surface area contributed by atoms with E-state index in [9.17, 15) is 9.59 Å². The first-order chi connectivity index (χ1) is 14.1. The Kier molecular flexibility index (Phi) is 4.65. The van der Waals surface area contributed by atoms with Crippen molar-refractivity contribution in [3.05, 3.63) is 87.1 Å². The summed E-state index contributed by atoms with van der Waals surface area (Å²) in [6, 6.07) is 19.1. The molecular formula is C22H17ClN2O2S2. The number of carbonyl (C=O) groups excluding carboxylic acids is 2. The lowest BCUT2D eigenvalue weighted by molar-refractivity contribution is -0.123. The van der Waals surface area contributed by atoms with Crippen LogP contribution >= 0.6 is 34.7 Å². The number of hydrogen-bond donors (Lipinski definition) is 0. The number of rotatable bonds is 3. The number of halogens is 1. The summed E-state index contributed by atoms with van der Waals surface area (Å²) in [6.45, 7) is 0.982. The first-order valence-corrected chi connectivity index (χ1v) is 11.5. The Hall–Kier alpha value is -2.28. The summed E-state index contributed by atoms with van der Waals surface area (Å²) in [5.41, 5.74) is 2.66. The van der Waals surface area contributed by atoms with Crippen molar-refractivity contribution in [1.29, 1.82) is 0 Å². The smallest absolute Gasteiger partial charge is 0.268 e. The molecule has 2 aliphatic rings. The minimum Gasteiger partial charge on any atom is -0.310 e. The number of nitrogens with zero attached hydrogens (tertiary/aromatic N) is 2. The Bertz CT molecular complexity index is 1090. The lowest BCUT2D eigenvalue weighted by Gasteiger charge is -2.33. The van der Waals surface area contributed by atoms with Crippen molar-refractivity contribution < 1.29 is 9.59 Å². The first-order valence-electron chi connectivity index (χ1n) is 9.26. The van der Waals surface area contributed by atoms with E-state index in [-0.39, 0.29) is 11.8 Å². The predicted octanol–water partition coefficient (Wildman–Crippen LogP) is 4.99. The van der Waals surface area contributed by atoms with E-state index in [0.29, 0.717) is 28.7 Å². The number of anilines is 1. The van der Waals surface area contributed by atoms with Crippen molar-refractivity contribution >= 4 is 52.2 Å². The van der Waals surface area contributed by atoms with Crippen molar-refractivity contribution in [1.82, 2.24) is 4.90 Å². The molecule has 2 aromatic carbocycles. The Labute approximate surface area is 182 Å². The fraction of sp³-hybridized carbons (Fsp3) is 0.182. The molecule has 3 aromatic rings. The van der Waals surface area contributed by atoms with Crippen molar-refractivity contribution in [2.45, 2.75) is 11.4 Å². The normalized spacial score (nSPS) is 20.5. The van der Waals surface area contributed by atoms with Crippen LogP contribution in [0.2, 0.25) is 5.02 Å². The van der Waals surface area contributed by atoms with Crippen LogP contribution in [-0.4, -0.2) is 29.0 Å². The van der Waals surface area contributed by atoms with Gasteiger partial charge in [0.15, 0.2) is 4.87 Å². The Morgan fingerprint density at radius 1 is 1.10 bits per heavy atom. The number of fused-ring (bicyclic) bond motifs is 2. The average molecular weight is 441 g/mol. The van der Waals surface area contributed by atoms with E-state index in [1.807, 2.05) is 60.0 Å². The maximum Gasteiger partial charge on any atom is 0.268 e. The van der Waals surface area contributed by atoms with Gasteiger partial charge in [-0.3, -0.25) is 9.59 Å². The minimum atomic E-state index is -1.06. The van der Waals surface area contributed by atoms with Crippen LogP contribution in [0.5, 0.6) is 0 Å². The van der Waals surface area contributed by atoms with Gasteiger partial charge in [0.25, 0.3) is 11.8 Å². The Morgan fingerprint density at radius 2 is 1.93 bits per heavy atom. The molecule has 3 heterocycles. The molecule has 146 valence electrons. The Morgan fingerprint density at radius 3 is 2.69 bits per heavy atom. The molecule has 0 radical (unpaired) electrons. The van der Waals surface area contributed by atoms with E-state index in [1.54, 1.807) is 15.9 Å².